The van der Waals surface area contributed by atoms with Gasteiger partial charge in [-0.3, -0.25) is 0 Å². The molecule has 0 amide bonds. The number of benzene rings is 1. The quantitative estimate of drug-likeness (QED) is 0.821. The van der Waals surface area contributed by atoms with E-state index in [1.165, 1.54) is 18.3 Å². The number of carbonyl (C=O) groups is 2. The number of hydrogen-bond donors (Lipinski definition) is 2. The molecule has 0 aliphatic carbocycles. The Labute approximate surface area is 121 Å². The molecule has 0 aliphatic heterocycles. The van der Waals surface area contributed by atoms with Crippen LogP contribution in [0.1, 0.15) is 27.6 Å². The number of nitrogens with one attached hydrogen (secondary N) is 1. The predicted molar refractivity (Wildman–Crippen MR) is 76.9 cm³/mol. The van der Waals surface area contributed by atoms with Crippen molar-refractivity contribution in [3.05, 3.63) is 53.7 Å². The number of carbonyl (C=O) groups excluding carboxylic acids is 1. The molecule has 0 bridgehead atoms. The zero-order valence-corrected chi connectivity index (χ0v) is 11.4. The third kappa shape index (κ3) is 3.56. The SMILES string of the molecule is CCOC(=O)c1cccnc1Nc1cccc(C(=O)O)c1. The third-order valence-electron chi connectivity index (χ3n) is 2.68. The molecule has 2 aromatic rings. The van der Waals surface area contributed by atoms with Crippen molar-refractivity contribution in [1.29, 1.82) is 0 Å². The van der Waals surface area contributed by atoms with Crippen LogP contribution in [0.3, 0.4) is 0 Å². The Kier molecular flexibility index (Phi) is 4.50. The summed E-state index contributed by atoms with van der Waals surface area (Å²) < 4.78 is 4.96. The summed E-state index contributed by atoms with van der Waals surface area (Å²) in [6, 6.07) is 9.47. The molecular formula is C15H14N2O4. The molecule has 0 aliphatic rings. The lowest BCUT2D eigenvalue weighted by atomic mass is 10.2. The normalized spacial score (nSPS) is 9.95. The van der Waals surface area contributed by atoms with Crippen molar-refractivity contribution in [3.63, 3.8) is 0 Å². The van der Waals surface area contributed by atoms with E-state index in [9.17, 15) is 9.59 Å². The highest BCUT2D eigenvalue weighted by molar-refractivity contribution is 5.95. The van der Waals surface area contributed by atoms with Crippen LogP contribution in [0, 0.1) is 0 Å². The molecule has 2 rings (SSSR count). The number of aromatic nitrogens is 1. The number of anilines is 2. The van der Waals surface area contributed by atoms with Crippen molar-refractivity contribution in [1.82, 2.24) is 4.98 Å². The van der Waals surface area contributed by atoms with Crippen molar-refractivity contribution in [2.45, 2.75) is 6.92 Å². The lowest BCUT2D eigenvalue weighted by Crippen LogP contribution is -2.09. The highest BCUT2D eigenvalue weighted by Crippen LogP contribution is 2.20. The standard InChI is InChI=1S/C15H14N2O4/c1-2-21-15(20)12-7-4-8-16-13(12)17-11-6-3-5-10(9-11)14(18)19/h3-9H,2H2,1H3,(H,16,17)(H,18,19). The van der Waals surface area contributed by atoms with E-state index >= 15 is 0 Å². The maximum Gasteiger partial charge on any atom is 0.341 e. The summed E-state index contributed by atoms with van der Waals surface area (Å²) in [6.07, 6.45) is 1.53. The van der Waals surface area contributed by atoms with Gasteiger partial charge in [0.2, 0.25) is 0 Å². The fourth-order valence-electron chi connectivity index (χ4n) is 1.75. The summed E-state index contributed by atoms with van der Waals surface area (Å²) in [4.78, 5) is 26.9. The zero-order chi connectivity index (χ0) is 15.2. The number of ether oxygens (including phenoxy) is 1. The van der Waals surface area contributed by atoms with Crippen LogP contribution in [0.15, 0.2) is 42.6 Å². The fourth-order valence-corrected chi connectivity index (χ4v) is 1.75. The van der Waals surface area contributed by atoms with Crippen molar-refractivity contribution >= 4 is 23.4 Å². The molecule has 2 N–H and O–H groups in total. The number of carboxylic acids is 1. The van der Waals surface area contributed by atoms with Crippen LogP contribution in [0.5, 0.6) is 0 Å². The maximum atomic E-state index is 11.8. The molecule has 108 valence electrons. The average Bonchev–Trinajstić information content (AvgIpc) is 2.48. The van der Waals surface area contributed by atoms with Gasteiger partial charge in [0, 0.05) is 11.9 Å². The molecule has 0 fully saturated rings. The van der Waals surface area contributed by atoms with E-state index in [0.29, 0.717) is 17.1 Å². The molecule has 6 heteroatoms. The van der Waals surface area contributed by atoms with Crippen LogP contribution in [-0.2, 0) is 4.74 Å². The Bertz CT molecular complexity index is 670. The second-order valence-electron chi connectivity index (χ2n) is 4.13. The molecular weight excluding hydrogens is 272 g/mol. The van der Waals surface area contributed by atoms with E-state index in [2.05, 4.69) is 10.3 Å². The average molecular weight is 286 g/mol. The van der Waals surface area contributed by atoms with Crippen LogP contribution >= 0.6 is 0 Å². The van der Waals surface area contributed by atoms with Gasteiger partial charge in [-0.05, 0) is 37.3 Å². The van der Waals surface area contributed by atoms with E-state index in [-0.39, 0.29) is 12.2 Å². The smallest absolute Gasteiger partial charge is 0.341 e. The molecule has 1 aromatic carbocycles. The molecule has 1 heterocycles. The predicted octanol–water partition coefficient (Wildman–Crippen LogP) is 2.70. The van der Waals surface area contributed by atoms with Gasteiger partial charge in [0.1, 0.15) is 11.4 Å². The first-order chi connectivity index (χ1) is 10.1. The molecule has 0 radical (unpaired) electrons. The van der Waals surface area contributed by atoms with Crippen molar-refractivity contribution in [2.24, 2.45) is 0 Å². The highest BCUT2D eigenvalue weighted by Gasteiger charge is 2.13. The van der Waals surface area contributed by atoms with Gasteiger partial charge < -0.3 is 15.2 Å². The second-order valence-corrected chi connectivity index (χ2v) is 4.13. The first-order valence-electron chi connectivity index (χ1n) is 6.34. The zero-order valence-electron chi connectivity index (χ0n) is 11.4. The molecule has 6 nitrogen and oxygen atoms in total. The lowest BCUT2D eigenvalue weighted by molar-refractivity contribution is 0.0526. The summed E-state index contributed by atoms with van der Waals surface area (Å²) >= 11 is 0. The lowest BCUT2D eigenvalue weighted by Gasteiger charge is -2.10. The van der Waals surface area contributed by atoms with E-state index in [1.807, 2.05) is 0 Å². The summed E-state index contributed by atoms with van der Waals surface area (Å²) in [7, 11) is 0. The van der Waals surface area contributed by atoms with Crippen LogP contribution in [-0.4, -0.2) is 28.6 Å². The fraction of sp³-hybridized carbons (Fsp3) is 0.133. The molecule has 0 unspecified atom stereocenters. The molecule has 1 aromatic heterocycles. The third-order valence-corrected chi connectivity index (χ3v) is 2.68. The van der Waals surface area contributed by atoms with E-state index in [4.69, 9.17) is 9.84 Å². The Hall–Kier alpha value is -2.89. The van der Waals surface area contributed by atoms with Gasteiger partial charge in [-0.2, -0.15) is 0 Å². The van der Waals surface area contributed by atoms with Gasteiger partial charge in [0.05, 0.1) is 12.2 Å². The van der Waals surface area contributed by atoms with E-state index < -0.39 is 11.9 Å². The first-order valence-corrected chi connectivity index (χ1v) is 6.34. The van der Waals surface area contributed by atoms with Crippen molar-refractivity contribution in [3.8, 4) is 0 Å². The molecule has 0 spiro atoms. The van der Waals surface area contributed by atoms with Gasteiger partial charge in [-0.25, -0.2) is 14.6 Å². The Morgan fingerprint density at radius 3 is 2.81 bits per heavy atom. The van der Waals surface area contributed by atoms with Gasteiger partial charge in [0.15, 0.2) is 0 Å². The maximum absolute atomic E-state index is 11.8. The van der Waals surface area contributed by atoms with Gasteiger partial charge in [-0.15, -0.1) is 0 Å². The minimum Gasteiger partial charge on any atom is -0.478 e. The summed E-state index contributed by atoms with van der Waals surface area (Å²) in [5.74, 6) is -1.19. The van der Waals surface area contributed by atoms with Crippen LogP contribution < -0.4 is 5.32 Å². The van der Waals surface area contributed by atoms with Crippen molar-refractivity contribution < 1.29 is 19.4 Å². The largest absolute Gasteiger partial charge is 0.478 e. The number of carboxylic acid groups (broad SMARTS) is 1. The number of esters is 1. The van der Waals surface area contributed by atoms with Gasteiger partial charge >= 0.3 is 11.9 Å². The monoisotopic (exact) mass is 286 g/mol. The summed E-state index contributed by atoms with van der Waals surface area (Å²) in [5, 5.41) is 11.9. The molecule has 0 saturated heterocycles. The minimum atomic E-state index is -1.02. The van der Waals surface area contributed by atoms with Crippen molar-refractivity contribution in [2.75, 3.05) is 11.9 Å². The Balaban J connectivity index is 2.29. The Morgan fingerprint density at radius 2 is 2.10 bits per heavy atom. The van der Waals surface area contributed by atoms with Crippen LogP contribution in [0.2, 0.25) is 0 Å². The van der Waals surface area contributed by atoms with Crippen LogP contribution in [0.25, 0.3) is 0 Å². The first kappa shape index (κ1) is 14.5. The summed E-state index contributed by atoms with van der Waals surface area (Å²) in [5.41, 5.74) is 0.966. The number of aromatic carboxylic acids is 1. The van der Waals surface area contributed by atoms with Crippen LogP contribution in [0.4, 0.5) is 11.5 Å². The van der Waals surface area contributed by atoms with Gasteiger partial charge in [0.25, 0.3) is 0 Å². The number of hydrogen-bond acceptors (Lipinski definition) is 5. The highest BCUT2D eigenvalue weighted by atomic mass is 16.5. The molecule has 21 heavy (non-hydrogen) atoms. The second kappa shape index (κ2) is 6.51. The topological polar surface area (TPSA) is 88.5 Å². The molecule has 0 atom stereocenters. The summed E-state index contributed by atoms with van der Waals surface area (Å²) in [6.45, 7) is 1.99. The van der Waals surface area contributed by atoms with Gasteiger partial charge in [-0.1, -0.05) is 6.07 Å². The minimum absolute atomic E-state index is 0.147. The molecule has 0 saturated carbocycles. The Morgan fingerprint density at radius 1 is 1.29 bits per heavy atom. The van der Waals surface area contributed by atoms with E-state index in [0.717, 1.165) is 0 Å². The number of nitrogens with zero attached hydrogens (tertiary/aromatic N) is 1. The number of rotatable bonds is 5. The van der Waals surface area contributed by atoms with E-state index in [1.54, 1.807) is 31.2 Å². The number of pyridine rings is 1.